The van der Waals surface area contributed by atoms with E-state index in [2.05, 4.69) is 15.9 Å². The molecule has 2 heterocycles. The number of alkyl halides is 1. The minimum atomic E-state index is -1.37. The van der Waals surface area contributed by atoms with Crippen LogP contribution < -0.4 is 0 Å². The van der Waals surface area contributed by atoms with Crippen molar-refractivity contribution in [2.24, 2.45) is 0 Å². The molecule has 0 aromatic heterocycles. The molecule has 7 heteroatoms. The Bertz CT molecular complexity index is 894. The first-order chi connectivity index (χ1) is 13.3. The number of carbonyl (C=O) groups is 2. The van der Waals surface area contributed by atoms with E-state index in [0.29, 0.717) is 0 Å². The van der Waals surface area contributed by atoms with Gasteiger partial charge in [-0.25, -0.2) is 4.79 Å². The van der Waals surface area contributed by atoms with Crippen LogP contribution in [0.5, 0.6) is 0 Å². The van der Waals surface area contributed by atoms with Gasteiger partial charge < -0.3 is 9.64 Å². The highest BCUT2D eigenvalue weighted by Crippen LogP contribution is 2.46. The zero-order valence-electron chi connectivity index (χ0n) is 15.4. The molecule has 5 nitrogen and oxygen atoms in total. The molecule has 146 valence electrons. The number of nitrogens with zero attached hydrogens (tertiary/aromatic N) is 1. The lowest BCUT2D eigenvalue weighted by Gasteiger charge is -2.40. The van der Waals surface area contributed by atoms with Crippen molar-refractivity contribution in [3.05, 3.63) is 71.8 Å². The lowest BCUT2D eigenvalue weighted by molar-refractivity contribution is -0.163. The summed E-state index contributed by atoms with van der Waals surface area (Å²) >= 11 is 3.29. The molecule has 0 bridgehead atoms. The van der Waals surface area contributed by atoms with Crippen LogP contribution >= 0.6 is 15.9 Å². The average molecular weight is 462 g/mol. The van der Waals surface area contributed by atoms with Crippen LogP contribution in [-0.2, 0) is 25.1 Å². The zero-order valence-corrected chi connectivity index (χ0v) is 17.9. The Morgan fingerprint density at radius 2 is 1.57 bits per heavy atom. The second-order valence-corrected chi connectivity index (χ2v) is 10.6. The summed E-state index contributed by atoms with van der Waals surface area (Å²) in [5.41, 5.74) is 1.67. The van der Waals surface area contributed by atoms with E-state index in [1.807, 2.05) is 60.7 Å². The van der Waals surface area contributed by atoms with Crippen molar-refractivity contribution in [1.29, 1.82) is 0 Å². The van der Waals surface area contributed by atoms with Gasteiger partial charge in [-0.1, -0.05) is 76.6 Å². The Labute approximate surface area is 174 Å². The third kappa shape index (κ3) is 2.92. The Hall–Kier alpha value is -1.99. The van der Waals surface area contributed by atoms with E-state index < -0.39 is 43.9 Å². The molecule has 2 aromatic rings. The van der Waals surface area contributed by atoms with E-state index in [1.54, 1.807) is 13.8 Å². The molecule has 1 amide bonds. The summed E-state index contributed by atoms with van der Waals surface area (Å²) in [5, 5.41) is -0.494. The number of rotatable bonds is 4. The number of hydrogen-bond donors (Lipinski definition) is 0. The van der Waals surface area contributed by atoms with Gasteiger partial charge in [0.1, 0.15) is 16.2 Å². The summed E-state index contributed by atoms with van der Waals surface area (Å²) in [6, 6.07) is 18.1. The summed E-state index contributed by atoms with van der Waals surface area (Å²) < 4.78 is 17.9. The maximum atomic E-state index is 13.2. The Balaban J connectivity index is 1.67. The molecule has 2 aliphatic heterocycles. The number of benzene rings is 2. The first-order valence-corrected chi connectivity index (χ1v) is 11.1. The maximum Gasteiger partial charge on any atom is 0.331 e. The monoisotopic (exact) mass is 461 g/mol. The lowest BCUT2D eigenvalue weighted by Crippen LogP contribution is -2.64. The van der Waals surface area contributed by atoms with Crippen LogP contribution in [-0.4, -0.2) is 42.0 Å². The standard InChI is InChI=1S/C21H20BrNO4S/c1-21(2)17(23-18(24)15(22)19(23)28(21)26)20(25)27-16(13-9-5-3-6-10-13)14-11-7-4-8-12-14/h3-12,15-17,19H,1-2H3/t15?,17-,19?,28?/m0/s1. The quantitative estimate of drug-likeness (QED) is 0.398. The van der Waals surface area contributed by atoms with Crippen molar-refractivity contribution in [3.63, 3.8) is 0 Å². The van der Waals surface area contributed by atoms with Crippen molar-refractivity contribution in [1.82, 2.24) is 4.90 Å². The third-order valence-electron chi connectivity index (χ3n) is 5.35. The Kier molecular flexibility index (Phi) is 4.91. The molecule has 2 saturated heterocycles. The molecule has 0 aliphatic carbocycles. The maximum absolute atomic E-state index is 13.2. The minimum absolute atomic E-state index is 0.221. The number of halogens is 1. The molecule has 4 atom stereocenters. The summed E-state index contributed by atoms with van der Waals surface area (Å²) in [4.78, 5) is 26.5. The average Bonchev–Trinajstić information content (AvgIpc) is 2.91. The van der Waals surface area contributed by atoms with Crippen molar-refractivity contribution in [2.45, 2.75) is 40.9 Å². The lowest BCUT2D eigenvalue weighted by atomic mass is 9.97. The molecule has 28 heavy (non-hydrogen) atoms. The number of amides is 1. The van der Waals surface area contributed by atoms with Gasteiger partial charge in [0.05, 0.1) is 15.5 Å². The summed E-state index contributed by atoms with van der Waals surface area (Å²) in [5.74, 6) is -0.756. The van der Waals surface area contributed by atoms with Gasteiger partial charge in [-0.15, -0.1) is 0 Å². The fourth-order valence-electron chi connectivity index (χ4n) is 3.85. The topological polar surface area (TPSA) is 63.7 Å². The molecule has 0 N–H and O–H groups in total. The van der Waals surface area contributed by atoms with Crippen molar-refractivity contribution < 1.29 is 18.5 Å². The van der Waals surface area contributed by atoms with Gasteiger partial charge in [0.25, 0.3) is 0 Å². The molecule has 2 fully saturated rings. The SMILES string of the molecule is CC1(C)[C@H](C(=O)OC(c2ccccc2)c2ccccc2)N2C(=O)C(Br)C2S1=O. The van der Waals surface area contributed by atoms with Crippen molar-refractivity contribution >= 4 is 38.6 Å². The summed E-state index contributed by atoms with van der Waals surface area (Å²) in [6.45, 7) is 3.50. The summed E-state index contributed by atoms with van der Waals surface area (Å²) in [6.07, 6.45) is -0.602. The molecule has 0 radical (unpaired) electrons. The van der Waals surface area contributed by atoms with Crippen LogP contribution in [0.25, 0.3) is 0 Å². The van der Waals surface area contributed by atoms with Crippen LogP contribution in [0.1, 0.15) is 31.1 Å². The number of esters is 1. The highest BCUT2D eigenvalue weighted by molar-refractivity contribution is 9.10. The highest BCUT2D eigenvalue weighted by atomic mass is 79.9. The zero-order chi connectivity index (χ0) is 20.1. The fraction of sp³-hybridized carbons (Fsp3) is 0.333. The fourth-order valence-corrected chi connectivity index (χ4v) is 6.75. The van der Waals surface area contributed by atoms with E-state index in [0.717, 1.165) is 11.1 Å². The number of hydrogen-bond acceptors (Lipinski definition) is 4. The number of β-lactam (4-membered cyclic amide) rings is 1. The van der Waals surface area contributed by atoms with Crippen LogP contribution in [0.2, 0.25) is 0 Å². The van der Waals surface area contributed by atoms with Crippen LogP contribution in [0.15, 0.2) is 60.7 Å². The van der Waals surface area contributed by atoms with Crippen LogP contribution in [0.3, 0.4) is 0 Å². The van der Waals surface area contributed by atoms with Gasteiger partial charge in [-0.2, -0.15) is 0 Å². The first-order valence-electron chi connectivity index (χ1n) is 9.01. The predicted molar refractivity (Wildman–Crippen MR) is 110 cm³/mol. The normalized spacial score (nSPS) is 28.0. The minimum Gasteiger partial charge on any atom is -0.451 e. The molecule has 4 rings (SSSR count). The molecule has 2 aromatic carbocycles. The smallest absolute Gasteiger partial charge is 0.331 e. The van der Waals surface area contributed by atoms with Gasteiger partial charge in [-0.3, -0.25) is 9.00 Å². The van der Waals surface area contributed by atoms with Crippen molar-refractivity contribution in [3.8, 4) is 0 Å². The van der Waals surface area contributed by atoms with Crippen LogP contribution in [0.4, 0.5) is 0 Å². The highest BCUT2D eigenvalue weighted by Gasteiger charge is 2.67. The molecular weight excluding hydrogens is 442 g/mol. The van der Waals surface area contributed by atoms with E-state index in [4.69, 9.17) is 4.74 Å². The van der Waals surface area contributed by atoms with E-state index >= 15 is 0 Å². The molecular formula is C21H20BrNO4S. The molecule has 0 saturated carbocycles. The van der Waals surface area contributed by atoms with E-state index in [1.165, 1.54) is 4.90 Å². The van der Waals surface area contributed by atoms with Gasteiger partial charge in [0.2, 0.25) is 5.91 Å². The number of carbonyl (C=O) groups excluding carboxylic acids is 2. The Morgan fingerprint density at radius 3 is 2.07 bits per heavy atom. The molecule has 3 unspecified atom stereocenters. The number of fused-ring (bicyclic) bond motifs is 1. The van der Waals surface area contributed by atoms with Crippen molar-refractivity contribution in [2.75, 3.05) is 0 Å². The first kappa shape index (κ1) is 19.3. The van der Waals surface area contributed by atoms with Gasteiger partial charge in [0, 0.05) is 0 Å². The Morgan fingerprint density at radius 1 is 1.07 bits per heavy atom. The predicted octanol–water partition coefficient (Wildman–Crippen LogP) is 3.16. The van der Waals surface area contributed by atoms with Crippen LogP contribution in [0, 0.1) is 0 Å². The molecule has 2 aliphatic rings. The van der Waals surface area contributed by atoms with Gasteiger partial charge >= 0.3 is 5.97 Å². The third-order valence-corrected chi connectivity index (χ3v) is 8.79. The van der Waals surface area contributed by atoms with E-state index in [9.17, 15) is 13.8 Å². The largest absolute Gasteiger partial charge is 0.451 e. The second-order valence-electron chi connectivity index (χ2n) is 7.48. The summed E-state index contributed by atoms with van der Waals surface area (Å²) in [7, 11) is -1.37. The van der Waals surface area contributed by atoms with Gasteiger partial charge in [-0.05, 0) is 25.0 Å². The number of ether oxygens (including phenoxy) is 1. The van der Waals surface area contributed by atoms with Gasteiger partial charge in [0.15, 0.2) is 6.10 Å². The van der Waals surface area contributed by atoms with E-state index in [-0.39, 0.29) is 5.91 Å². The second kappa shape index (κ2) is 7.12. The molecule has 0 spiro atoms.